The average molecular weight is 807 g/mol. The van der Waals surface area contributed by atoms with Crippen LogP contribution in [0.25, 0.3) is 21.8 Å². The molecule has 2 atom stereocenters. The largest absolute Gasteiger partial charge is 0.374 e. The summed E-state index contributed by atoms with van der Waals surface area (Å²) in [5.41, 5.74) is 6.02. The number of hydrogen-bond donors (Lipinski definition) is 4. The quantitative estimate of drug-likeness (QED) is 0.160. The molecule has 6 heterocycles. The summed E-state index contributed by atoms with van der Waals surface area (Å²) in [5.74, 6) is 0.704. The second kappa shape index (κ2) is 15.8. The van der Waals surface area contributed by atoms with Crippen molar-refractivity contribution >= 4 is 68.4 Å². The smallest absolute Gasteiger partial charge is 0.246 e. The number of aromatic nitrogens is 2. The Balaban J connectivity index is 0.790. The second-order valence-electron chi connectivity index (χ2n) is 16.3. The number of nitrogens with one attached hydrogen (secondary N) is 4. The van der Waals surface area contributed by atoms with E-state index in [-0.39, 0.29) is 36.7 Å². The van der Waals surface area contributed by atoms with Crippen molar-refractivity contribution < 1.29 is 19.2 Å². The summed E-state index contributed by atoms with van der Waals surface area (Å²) in [6.45, 7) is 16.3. The van der Waals surface area contributed by atoms with E-state index in [9.17, 15) is 19.2 Å². The molecule has 4 saturated heterocycles. The van der Waals surface area contributed by atoms with Gasteiger partial charge in [-0.05, 0) is 66.5 Å². The lowest BCUT2D eigenvalue weighted by Gasteiger charge is -2.47. The van der Waals surface area contributed by atoms with Gasteiger partial charge < -0.3 is 40.2 Å². The molecule has 2 aromatic heterocycles. The maximum atomic E-state index is 13.4. The number of benzene rings is 2. The van der Waals surface area contributed by atoms with Gasteiger partial charge in [-0.15, -0.1) is 0 Å². The second-order valence-corrected chi connectivity index (χ2v) is 16.8. The Bertz CT molecular complexity index is 2260. The molecule has 5 aliphatic rings. The number of carbonyl (C=O) groups excluding carboxylic acids is 4. The standard InChI is InChI=1S/C43H51ClN10O4/c1-3-38(55)53-23-31(24-53)49-7-11-51(12-8-49)40(57)21-46-36-17-28(15-27-5-6-45-42(27)36)33-20-34(33)35-18-29-16-30(44)19-37(43(29)48-35)47-22-41(58)52-13-9-50(10-14-52)32-25-54(26-32)39(56)4-2/h3-6,15-19,31-34,45-48H,1-2,7-14,20-26H2. The van der Waals surface area contributed by atoms with Crippen molar-refractivity contribution in [3.8, 4) is 0 Å². The molecule has 0 bridgehead atoms. The molecule has 4 aliphatic heterocycles. The highest BCUT2D eigenvalue weighted by Gasteiger charge is 2.41. The van der Waals surface area contributed by atoms with Gasteiger partial charge in [0, 0.05) is 124 Å². The van der Waals surface area contributed by atoms with Crippen LogP contribution in [-0.2, 0) is 19.2 Å². The zero-order chi connectivity index (χ0) is 40.1. The third-order valence-corrected chi connectivity index (χ3v) is 13.2. The minimum atomic E-state index is -0.0238. The number of amides is 4. The van der Waals surface area contributed by atoms with Crippen LogP contribution in [0.2, 0.25) is 5.02 Å². The Labute approximate surface area is 342 Å². The van der Waals surface area contributed by atoms with Gasteiger partial charge in [0.2, 0.25) is 23.6 Å². The number of anilines is 2. The van der Waals surface area contributed by atoms with Crippen molar-refractivity contribution in [3.63, 3.8) is 0 Å². The minimum Gasteiger partial charge on any atom is -0.374 e. The summed E-state index contributed by atoms with van der Waals surface area (Å²) >= 11 is 6.59. The van der Waals surface area contributed by atoms with E-state index in [2.05, 4.69) is 67.8 Å². The van der Waals surface area contributed by atoms with E-state index in [1.54, 1.807) is 9.80 Å². The monoisotopic (exact) mass is 806 g/mol. The van der Waals surface area contributed by atoms with Crippen LogP contribution >= 0.6 is 11.6 Å². The fourth-order valence-corrected chi connectivity index (χ4v) is 9.48. The van der Waals surface area contributed by atoms with Gasteiger partial charge in [0.25, 0.3) is 0 Å². The third-order valence-electron chi connectivity index (χ3n) is 12.9. The van der Waals surface area contributed by atoms with Crippen molar-refractivity contribution in [2.24, 2.45) is 0 Å². The molecular formula is C43H51ClN10O4. The molecule has 4 amide bonds. The van der Waals surface area contributed by atoms with Gasteiger partial charge in [0.1, 0.15) is 0 Å². The summed E-state index contributed by atoms with van der Waals surface area (Å²) in [6.07, 6.45) is 5.67. The number of nitrogens with zero attached hydrogens (tertiary/aromatic N) is 6. The van der Waals surface area contributed by atoms with Gasteiger partial charge in [-0.3, -0.25) is 29.0 Å². The van der Waals surface area contributed by atoms with Crippen molar-refractivity contribution in [1.82, 2.24) is 39.4 Å². The lowest BCUT2D eigenvalue weighted by atomic mass is 10.0. The van der Waals surface area contributed by atoms with Gasteiger partial charge in [0.05, 0.1) is 35.5 Å². The Hall–Kier alpha value is -5.31. The van der Waals surface area contributed by atoms with Crippen LogP contribution in [0, 0.1) is 0 Å². The minimum absolute atomic E-state index is 0.0192. The molecule has 1 aliphatic carbocycles. The maximum Gasteiger partial charge on any atom is 0.246 e. The summed E-state index contributed by atoms with van der Waals surface area (Å²) in [6, 6.07) is 13.2. The molecule has 4 N–H and O–H groups in total. The molecule has 14 nitrogen and oxygen atoms in total. The summed E-state index contributed by atoms with van der Waals surface area (Å²) < 4.78 is 0. The van der Waals surface area contributed by atoms with E-state index in [1.807, 2.05) is 28.1 Å². The topological polar surface area (TPSA) is 143 Å². The molecule has 0 spiro atoms. The Morgan fingerprint density at radius 1 is 0.672 bits per heavy atom. The van der Waals surface area contributed by atoms with Crippen LogP contribution in [0.3, 0.4) is 0 Å². The molecule has 9 rings (SSSR count). The zero-order valence-corrected chi connectivity index (χ0v) is 33.5. The number of likely N-dealkylation sites (tertiary alicyclic amines) is 2. The van der Waals surface area contributed by atoms with Gasteiger partial charge in [-0.25, -0.2) is 0 Å². The molecule has 58 heavy (non-hydrogen) atoms. The Morgan fingerprint density at radius 2 is 1.22 bits per heavy atom. The SMILES string of the molecule is C=CC(=O)N1CC(N2CCN(C(=O)CNc3cc(C4CC4c4cc5cc(Cl)cc(NCC(=O)N6CCN(C7CN(C(=O)C=C)C7)CC6)c5[nH]4)cc4cc[nH]c34)CC2)C1. The summed E-state index contributed by atoms with van der Waals surface area (Å²) in [7, 11) is 0. The Kier molecular flexibility index (Phi) is 10.4. The number of carbonyl (C=O) groups is 4. The molecule has 304 valence electrons. The predicted octanol–water partition coefficient (Wildman–Crippen LogP) is 3.48. The first-order valence-electron chi connectivity index (χ1n) is 20.4. The van der Waals surface area contributed by atoms with Crippen LogP contribution in [0.1, 0.15) is 29.5 Å². The van der Waals surface area contributed by atoms with Crippen LogP contribution in [0.15, 0.2) is 67.9 Å². The average Bonchev–Trinajstić information content (AvgIpc) is 3.65. The summed E-state index contributed by atoms with van der Waals surface area (Å²) in [5, 5.41) is 9.55. The molecule has 1 saturated carbocycles. The zero-order valence-electron chi connectivity index (χ0n) is 32.7. The van der Waals surface area contributed by atoms with E-state index in [0.717, 1.165) is 97.7 Å². The van der Waals surface area contributed by atoms with Gasteiger partial charge in [0.15, 0.2) is 0 Å². The van der Waals surface area contributed by atoms with Crippen LogP contribution in [0.5, 0.6) is 0 Å². The van der Waals surface area contributed by atoms with E-state index in [1.165, 1.54) is 17.7 Å². The van der Waals surface area contributed by atoms with Crippen LogP contribution < -0.4 is 10.6 Å². The number of fused-ring (bicyclic) bond motifs is 2. The van der Waals surface area contributed by atoms with E-state index >= 15 is 0 Å². The lowest BCUT2D eigenvalue weighted by Crippen LogP contribution is -2.64. The first kappa shape index (κ1) is 38.2. The number of hydrogen-bond acceptors (Lipinski definition) is 8. The van der Waals surface area contributed by atoms with Gasteiger partial charge in [-0.2, -0.15) is 0 Å². The van der Waals surface area contributed by atoms with Gasteiger partial charge in [-0.1, -0.05) is 24.8 Å². The van der Waals surface area contributed by atoms with Crippen LogP contribution in [0.4, 0.5) is 11.4 Å². The normalized spacial score (nSPS) is 21.8. The predicted molar refractivity (Wildman–Crippen MR) is 226 cm³/mol. The number of halogens is 1. The fourth-order valence-electron chi connectivity index (χ4n) is 9.25. The van der Waals surface area contributed by atoms with E-state index in [4.69, 9.17) is 11.6 Å². The first-order chi connectivity index (χ1) is 28.1. The number of rotatable bonds is 12. The Morgan fingerprint density at radius 3 is 1.78 bits per heavy atom. The highest BCUT2D eigenvalue weighted by Crippen LogP contribution is 2.55. The highest BCUT2D eigenvalue weighted by molar-refractivity contribution is 6.32. The number of H-pyrrole nitrogens is 2. The van der Waals surface area contributed by atoms with Crippen molar-refractivity contribution in [3.05, 3.63) is 84.2 Å². The molecule has 4 aromatic rings. The van der Waals surface area contributed by atoms with Crippen molar-refractivity contribution in [1.29, 1.82) is 0 Å². The lowest BCUT2D eigenvalue weighted by molar-refractivity contribution is -0.137. The molecule has 5 fully saturated rings. The number of piperazine rings is 2. The first-order valence-corrected chi connectivity index (χ1v) is 20.8. The van der Waals surface area contributed by atoms with Crippen molar-refractivity contribution in [2.75, 3.05) is 102 Å². The van der Waals surface area contributed by atoms with Gasteiger partial charge >= 0.3 is 0 Å². The maximum absolute atomic E-state index is 13.4. The molecule has 15 heteroatoms. The van der Waals surface area contributed by atoms with E-state index < -0.39 is 0 Å². The molecule has 2 unspecified atom stereocenters. The highest BCUT2D eigenvalue weighted by atomic mass is 35.5. The third kappa shape index (κ3) is 7.56. The summed E-state index contributed by atoms with van der Waals surface area (Å²) in [4.78, 5) is 69.5. The molecule has 2 aromatic carbocycles. The van der Waals surface area contributed by atoms with E-state index in [0.29, 0.717) is 55.1 Å². The molecule has 0 radical (unpaired) electrons. The van der Waals surface area contributed by atoms with Crippen molar-refractivity contribution in [2.45, 2.75) is 30.3 Å². The fraction of sp³-hybridized carbons (Fsp3) is 0.442. The molecular weight excluding hydrogens is 756 g/mol. The van der Waals surface area contributed by atoms with Crippen LogP contribution in [-0.4, -0.2) is 167 Å². The number of aromatic amines is 2.